The van der Waals surface area contributed by atoms with Gasteiger partial charge in [0.2, 0.25) is 0 Å². The summed E-state index contributed by atoms with van der Waals surface area (Å²) in [6.07, 6.45) is 12.1. The van der Waals surface area contributed by atoms with Crippen LogP contribution in [0.15, 0.2) is 122 Å². The first-order valence-corrected chi connectivity index (χ1v) is 13.1. The molecule has 0 aliphatic heterocycles. The van der Waals surface area contributed by atoms with E-state index in [1.165, 1.54) is 22.1 Å². The van der Waals surface area contributed by atoms with Gasteiger partial charge in [0.15, 0.2) is 0 Å². The van der Waals surface area contributed by atoms with Crippen LogP contribution in [0.3, 0.4) is 0 Å². The van der Waals surface area contributed by atoms with E-state index < -0.39 is 0 Å². The number of benzene rings is 3. The highest BCUT2D eigenvalue weighted by atomic mass is 15.1. The third kappa shape index (κ3) is 4.44. The SMILES string of the molecule is C=C(Cc1ccccc1)Nc1cncc(-c2ccc3[nH]nc(-c4cc5c(C6=CCC=C6)cccc5[nH]4)c3c2)c1. The zero-order valence-electron chi connectivity index (χ0n) is 21.4. The van der Waals surface area contributed by atoms with Gasteiger partial charge in [-0.2, -0.15) is 5.10 Å². The molecular formula is C34H27N5. The molecule has 7 rings (SSSR count). The van der Waals surface area contributed by atoms with Crippen LogP contribution < -0.4 is 5.32 Å². The lowest BCUT2D eigenvalue weighted by atomic mass is 10.0. The predicted octanol–water partition coefficient (Wildman–Crippen LogP) is 8.28. The van der Waals surface area contributed by atoms with Crippen molar-refractivity contribution in [3.05, 3.63) is 133 Å². The van der Waals surface area contributed by atoms with Gasteiger partial charge in [-0.3, -0.25) is 10.1 Å². The van der Waals surface area contributed by atoms with E-state index in [4.69, 9.17) is 5.10 Å². The van der Waals surface area contributed by atoms with E-state index in [1.807, 2.05) is 30.6 Å². The molecule has 0 radical (unpaired) electrons. The van der Waals surface area contributed by atoms with Crippen LogP contribution >= 0.6 is 0 Å². The van der Waals surface area contributed by atoms with Crippen molar-refractivity contribution < 1.29 is 0 Å². The van der Waals surface area contributed by atoms with Crippen molar-refractivity contribution in [3.8, 4) is 22.5 Å². The minimum atomic E-state index is 0.759. The van der Waals surface area contributed by atoms with Crippen molar-refractivity contribution >= 4 is 33.1 Å². The summed E-state index contributed by atoms with van der Waals surface area (Å²) in [6.45, 7) is 4.21. The Bertz CT molecular complexity index is 1900. The Morgan fingerprint density at radius 2 is 1.79 bits per heavy atom. The molecule has 3 N–H and O–H groups in total. The Morgan fingerprint density at radius 3 is 2.67 bits per heavy atom. The van der Waals surface area contributed by atoms with E-state index in [2.05, 4.69) is 106 Å². The molecule has 5 nitrogen and oxygen atoms in total. The number of aromatic nitrogens is 4. The first-order valence-electron chi connectivity index (χ1n) is 13.1. The number of nitrogens with zero attached hydrogens (tertiary/aromatic N) is 2. The lowest BCUT2D eigenvalue weighted by molar-refractivity contribution is 1.12. The Balaban J connectivity index is 1.21. The molecule has 6 aromatic rings. The number of fused-ring (bicyclic) bond motifs is 2. The van der Waals surface area contributed by atoms with Crippen LogP contribution in [0, 0.1) is 0 Å². The molecule has 0 fully saturated rings. The van der Waals surface area contributed by atoms with Crippen LogP contribution in [0.4, 0.5) is 5.69 Å². The summed E-state index contributed by atoms with van der Waals surface area (Å²) >= 11 is 0. The zero-order chi connectivity index (χ0) is 26.2. The minimum absolute atomic E-state index is 0.759. The molecule has 1 aliphatic carbocycles. The summed E-state index contributed by atoms with van der Waals surface area (Å²) in [7, 11) is 0. The summed E-state index contributed by atoms with van der Waals surface area (Å²) < 4.78 is 0. The number of allylic oxidation sites excluding steroid dienone is 5. The summed E-state index contributed by atoms with van der Waals surface area (Å²) in [6, 6.07) is 27.4. The Hall–Kier alpha value is -5.16. The van der Waals surface area contributed by atoms with Crippen LogP contribution in [0.2, 0.25) is 0 Å². The van der Waals surface area contributed by atoms with E-state index in [9.17, 15) is 0 Å². The molecule has 0 spiro atoms. The van der Waals surface area contributed by atoms with E-state index in [0.717, 1.165) is 63.2 Å². The van der Waals surface area contributed by atoms with Gasteiger partial charge in [-0.1, -0.05) is 73.3 Å². The first-order chi connectivity index (χ1) is 19.2. The summed E-state index contributed by atoms with van der Waals surface area (Å²) in [4.78, 5) is 8.10. The van der Waals surface area contributed by atoms with Crippen LogP contribution in [0.1, 0.15) is 17.5 Å². The van der Waals surface area contributed by atoms with E-state index in [-0.39, 0.29) is 0 Å². The second-order valence-corrected chi connectivity index (χ2v) is 9.93. The van der Waals surface area contributed by atoms with Crippen molar-refractivity contribution in [3.63, 3.8) is 0 Å². The normalized spacial score (nSPS) is 12.8. The van der Waals surface area contributed by atoms with Crippen LogP contribution in [-0.4, -0.2) is 20.2 Å². The van der Waals surface area contributed by atoms with Crippen LogP contribution in [0.25, 0.3) is 49.9 Å². The highest BCUT2D eigenvalue weighted by Crippen LogP contribution is 2.35. The number of pyridine rings is 1. The molecule has 188 valence electrons. The number of H-pyrrole nitrogens is 2. The second kappa shape index (κ2) is 9.62. The van der Waals surface area contributed by atoms with Crippen molar-refractivity contribution in [1.82, 2.24) is 20.2 Å². The third-order valence-electron chi connectivity index (χ3n) is 7.22. The topological polar surface area (TPSA) is 69.4 Å². The van der Waals surface area contributed by atoms with Gasteiger partial charge < -0.3 is 10.3 Å². The maximum Gasteiger partial charge on any atom is 0.116 e. The van der Waals surface area contributed by atoms with Gasteiger partial charge in [0.05, 0.1) is 23.1 Å². The second-order valence-electron chi connectivity index (χ2n) is 9.93. The summed E-state index contributed by atoms with van der Waals surface area (Å²) in [5.41, 5.74) is 11.7. The molecular weight excluding hydrogens is 478 g/mol. The van der Waals surface area contributed by atoms with E-state index >= 15 is 0 Å². The number of anilines is 1. The molecule has 0 unspecified atom stereocenters. The Morgan fingerprint density at radius 1 is 0.872 bits per heavy atom. The molecule has 0 bridgehead atoms. The molecule has 0 saturated heterocycles. The first kappa shape index (κ1) is 23.0. The minimum Gasteiger partial charge on any atom is -0.358 e. The fraction of sp³-hybridized carbons (Fsp3) is 0.0588. The maximum absolute atomic E-state index is 4.70. The molecule has 0 saturated carbocycles. The fourth-order valence-corrected chi connectivity index (χ4v) is 5.35. The van der Waals surface area contributed by atoms with Gasteiger partial charge >= 0.3 is 0 Å². The largest absolute Gasteiger partial charge is 0.358 e. The monoisotopic (exact) mass is 505 g/mol. The molecule has 5 heteroatoms. The zero-order valence-corrected chi connectivity index (χ0v) is 21.4. The molecule has 1 aliphatic rings. The smallest absolute Gasteiger partial charge is 0.116 e. The standard InChI is InChI=1S/C34H27N5/c1-22(16-23-8-3-2-4-9-23)36-27-17-26(20-35-21-27)25-14-15-32-30(18-25)34(39-38-32)33-19-29-28(24-10-5-6-11-24)12-7-13-31(29)37-33/h2-5,7-15,17-21,36-37H,1,6,16H2,(H,38,39). The number of hydrogen-bond acceptors (Lipinski definition) is 3. The highest BCUT2D eigenvalue weighted by Gasteiger charge is 2.15. The van der Waals surface area contributed by atoms with Gasteiger partial charge in [0, 0.05) is 40.2 Å². The average Bonchev–Trinajstić information content (AvgIpc) is 3.73. The molecule has 3 aromatic heterocycles. The molecule has 39 heavy (non-hydrogen) atoms. The Labute approximate surface area is 226 Å². The predicted molar refractivity (Wildman–Crippen MR) is 161 cm³/mol. The number of nitrogens with one attached hydrogen (secondary N) is 3. The number of rotatable bonds is 7. The highest BCUT2D eigenvalue weighted by molar-refractivity contribution is 6.01. The Kier molecular flexibility index (Phi) is 5.67. The number of aromatic amines is 2. The van der Waals surface area contributed by atoms with Gasteiger partial charge in [0.25, 0.3) is 0 Å². The number of hydrogen-bond donors (Lipinski definition) is 3. The quantitative estimate of drug-likeness (QED) is 0.204. The van der Waals surface area contributed by atoms with Crippen molar-refractivity contribution in [2.24, 2.45) is 0 Å². The third-order valence-corrected chi connectivity index (χ3v) is 7.22. The average molecular weight is 506 g/mol. The van der Waals surface area contributed by atoms with Gasteiger partial charge in [0.1, 0.15) is 5.69 Å². The molecule has 3 aromatic carbocycles. The van der Waals surface area contributed by atoms with Gasteiger partial charge in [-0.25, -0.2) is 0 Å². The molecule has 0 amide bonds. The van der Waals surface area contributed by atoms with Crippen molar-refractivity contribution in [2.75, 3.05) is 5.32 Å². The molecule has 3 heterocycles. The lowest BCUT2D eigenvalue weighted by Gasteiger charge is -2.11. The van der Waals surface area contributed by atoms with Gasteiger partial charge in [-0.05, 0) is 59.0 Å². The summed E-state index contributed by atoms with van der Waals surface area (Å²) in [5, 5.41) is 13.6. The van der Waals surface area contributed by atoms with E-state index in [1.54, 1.807) is 0 Å². The summed E-state index contributed by atoms with van der Waals surface area (Å²) in [5.74, 6) is 0. The fourth-order valence-electron chi connectivity index (χ4n) is 5.35. The van der Waals surface area contributed by atoms with Crippen LogP contribution in [-0.2, 0) is 6.42 Å². The van der Waals surface area contributed by atoms with Crippen LogP contribution in [0.5, 0.6) is 0 Å². The van der Waals surface area contributed by atoms with Crippen molar-refractivity contribution in [1.29, 1.82) is 0 Å². The van der Waals surface area contributed by atoms with Gasteiger partial charge in [-0.15, -0.1) is 0 Å². The lowest BCUT2D eigenvalue weighted by Crippen LogP contribution is -2.02. The maximum atomic E-state index is 4.70. The van der Waals surface area contributed by atoms with Crippen molar-refractivity contribution in [2.45, 2.75) is 12.8 Å². The van der Waals surface area contributed by atoms with E-state index in [0.29, 0.717) is 0 Å². The molecule has 0 atom stereocenters.